The van der Waals surface area contributed by atoms with Crippen molar-refractivity contribution < 1.29 is 9.90 Å². The predicted octanol–water partition coefficient (Wildman–Crippen LogP) is 5.50. The number of unbranched alkanes of at least 4 members (excludes halogenated alkanes) is 3. The van der Waals surface area contributed by atoms with E-state index >= 15 is 0 Å². The highest BCUT2D eigenvalue weighted by Gasteiger charge is 2.24. The van der Waals surface area contributed by atoms with Crippen LogP contribution in [0.5, 0.6) is 5.75 Å². The Labute approximate surface area is 166 Å². The van der Waals surface area contributed by atoms with Crippen LogP contribution in [0.25, 0.3) is 0 Å². The Kier molecular flexibility index (Phi) is 10.7. The maximum absolute atomic E-state index is 11.3. The first-order valence-corrected chi connectivity index (χ1v) is 10.2. The van der Waals surface area contributed by atoms with Crippen LogP contribution < -0.4 is 11.3 Å². The SMILES string of the molecule is CC(C)(C)c1cc(CCC(=O)NN)c(O)c(C(C)(C)C)c1.CCCCCC. The molecule has 0 bridgehead atoms. The van der Waals surface area contributed by atoms with E-state index in [-0.39, 0.29) is 23.2 Å². The zero-order valence-electron chi connectivity index (χ0n) is 18.8. The van der Waals surface area contributed by atoms with Crippen molar-refractivity contribution in [1.29, 1.82) is 0 Å². The molecule has 0 aliphatic rings. The van der Waals surface area contributed by atoms with E-state index in [0.29, 0.717) is 12.2 Å². The predicted molar refractivity (Wildman–Crippen MR) is 116 cm³/mol. The van der Waals surface area contributed by atoms with Crippen LogP contribution in [0.2, 0.25) is 0 Å². The first-order chi connectivity index (χ1) is 12.4. The molecule has 0 aliphatic heterocycles. The van der Waals surface area contributed by atoms with E-state index in [0.717, 1.165) is 16.7 Å². The molecule has 0 fully saturated rings. The van der Waals surface area contributed by atoms with E-state index in [2.05, 4.69) is 66.9 Å². The van der Waals surface area contributed by atoms with Gasteiger partial charge in [-0.15, -0.1) is 0 Å². The van der Waals surface area contributed by atoms with Crippen LogP contribution in [-0.2, 0) is 22.0 Å². The summed E-state index contributed by atoms with van der Waals surface area (Å²) in [6, 6.07) is 4.07. The third-order valence-corrected chi connectivity index (χ3v) is 4.60. The molecule has 0 aliphatic carbocycles. The van der Waals surface area contributed by atoms with Gasteiger partial charge in [-0.05, 0) is 33.9 Å². The minimum Gasteiger partial charge on any atom is -0.507 e. The zero-order valence-corrected chi connectivity index (χ0v) is 18.8. The van der Waals surface area contributed by atoms with Crippen molar-refractivity contribution in [2.24, 2.45) is 5.84 Å². The third kappa shape index (κ3) is 9.28. The van der Waals surface area contributed by atoms with Crippen molar-refractivity contribution in [3.63, 3.8) is 0 Å². The molecule has 0 atom stereocenters. The van der Waals surface area contributed by atoms with Gasteiger partial charge in [0.2, 0.25) is 5.91 Å². The topological polar surface area (TPSA) is 75.4 Å². The Balaban J connectivity index is 0.000000972. The van der Waals surface area contributed by atoms with E-state index < -0.39 is 0 Å². The van der Waals surface area contributed by atoms with Gasteiger partial charge in [-0.25, -0.2) is 5.84 Å². The van der Waals surface area contributed by atoms with Crippen LogP contribution in [0.1, 0.15) is 104 Å². The second-order valence-electron chi connectivity index (χ2n) is 9.31. The smallest absolute Gasteiger partial charge is 0.234 e. The van der Waals surface area contributed by atoms with Crippen LogP contribution in [0.3, 0.4) is 0 Å². The zero-order chi connectivity index (χ0) is 21.3. The van der Waals surface area contributed by atoms with Gasteiger partial charge in [0.05, 0.1) is 0 Å². The number of aryl methyl sites for hydroxylation is 1. The Hall–Kier alpha value is -1.55. The molecule has 0 heterocycles. The van der Waals surface area contributed by atoms with Gasteiger partial charge in [-0.3, -0.25) is 10.2 Å². The quantitative estimate of drug-likeness (QED) is 0.265. The maximum Gasteiger partial charge on any atom is 0.234 e. The number of carbonyl (C=O) groups is 1. The van der Waals surface area contributed by atoms with Crippen LogP contribution in [0, 0.1) is 0 Å². The molecule has 0 aromatic heterocycles. The van der Waals surface area contributed by atoms with Gasteiger partial charge < -0.3 is 5.11 Å². The molecule has 0 spiro atoms. The summed E-state index contributed by atoms with van der Waals surface area (Å²) in [5.74, 6) is 5.17. The number of aromatic hydroxyl groups is 1. The van der Waals surface area contributed by atoms with Gasteiger partial charge in [0.25, 0.3) is 0 Å². The fraction of sp³-hybridized carbons (Fsp3) is 0.696. The third-order valence-electron chi connectivity index (χ3n) is 4.60. The Bertz CT molecular complexity index is 577. The Morgan fingerprint density at radius 1 is 1.00 bits per heavy atom. The minimum absolute atomic E-state index is 0.0153. The van der Waals surface area contributed by atoms with E-state index in [9.17, 15) is 9.90 Å². The average Bonchev–Trinajstić information content (AvgIpc) is 2.57. The molecule has 1 aromatic carbocycles. The van der Waals surface area contributed by atoms with Gasteiger partial charge in [0.1, 0.15) is 5.75 Å². The Morgan fingerprint density at radius 3 is 1.89 bits per heavy atom. The van der Waals surface area contributed by atoms with E-state index in [1.807, 2.05) is 6.07 Å². The maximum atomic E-state index is 11.3. The number of nitrogens with two attached hydrogens (primary N) is 1. The molecule has 4 heteroatoms. The van der Waals surface area contributed by atoms with E-state index in [1.54, 1.807) is 0 Å². The standard InChI is InChI=1S/C17H28N2O2.C6H14/c1-16(2,3)12-9-11(7-8-14(20)19-18)15(21)13(10-12)17(4,5)6;1-3-5-6-4-2/h9-10,21H,7-8,18H2,1-6H3,(H,19,20);3-6H2,1-2H3. The van der Waals surface area contributed by atoms with Gasteiger partial charge in [-0.2, -0.15) is 0 Å². The molecule has 0 saturated heterocycles. The lowest BCUT2D eigenvalue weighted by molar-refractivity contribution is -0.121. The van der Waals surface area contributed by atoms with Crippen molar-refractivity contribution in [3.05, 3.63) is 28.8 Å². The molecule has 27 heavy (non-hydrogen) atoms. The Morgan fingerprint density at radius 2 is 1.52 bits per heavy atom. The van der Waals surface area contributed by atoms with Crippen molar-refractivity contribution in [2.45, 2.75) is 105 Å². The highest BCUT2D eigenvalue weighted by atomic mass is 16.3. The molecule has 156 valence electrons. The number of amides is 1. The lowest BCUT2D eigenvalue weighted by atomic mass is 9.78. The number of hydrazine groups is 1. The monoisotopic (exact) mass is 378 g/mol. The number of nitrogens with one attached hydrogen (secondary N) is 1. The summed E-state index contributed by atoms with van der Waals surface area (Å²) in [7, 11) is 0. The van der Waals surface area contributed by atoms with Crippen molar-refractivity contribution in [1.82, 2.24) is 5.43 Å². The number of rotatable bonds is 6. The number of benzene rings is 1. The van der Waals surface area contributed by atoms with Gasteiger partial charge in [-0.1, -0.05) is 93.2 Å². The summed E-state index contributed by atoms with van der Waals surface area (Å²) in [5.41, 5.74) is 4.83. The van der Waals surface area contributed by atoms with Crippen LogP contribution in [0.4, 0.5) is 0 Å². The van der Waals surface area contributed by atoms with Crippen molar-refractivity contribution in [2.75, 3.05) is 0 Å². The first-order valence-electron chi connectivity index (χ1n) is 10.2. The van der Waals surface area contributed by atoms with Crippen LogP contribution in [0.15, 0.2) is 12.1 Å². The lowest BCUT2D eigenvalue weighted by Gasteiger charge is -2.27. The number of phenolic OH excluding ortho intramolecular Hbond substituents is 1. The summed E-state index contributed by atoms with van der Waals surface area (Å²) in [6.07, 6.45) is 6.28. The van der Waals surface area contributed by atoms with Crippen LogP contribution in [-0.4, -0.2) is 11.0 Å². The highest BCUT2D eigenvalue weighted by molar-refractivity contribution is 5.75. The second-order valence-corrected chi connectivity index (χ2v) is 9.31. The summed E-state index contributed by atoms with van der Waals surface area (Å²) in [5, 5.41) is 10.5. The van der Waals surface area contributed by atoms with Gasteiger partial charge in [0.15, 0.2) is 0 Å². The fourth-order valence-electron chi connectivity index (χ4n) is 2.71. The number of carbonyl (C=O) groups excluding carboxylic acids is 1. The van der Waals surface area contributed by atoms with E-state index in [4.69, 9.17) is 5.84 Å². The second kappa shape index (κ2) is 11.3. The van der Waals surface area contributed by atoms with E-state index in [1.165, 1.54) is 25.7 Å². The number of hydrogen-bond acceptors (Lipinski definition) is 3. The molecule has 1 aromatic rings. The van der Waals surface area contributed by atoms with Crippen LogP contribution >= 0.6 is 0 Å². The molecule has 0 radical (unpaired) electrons. The number of hydrogen-bond donors (Lipinski definition) is 3. The summed E-state index contributed by atoms with van der Waals surface area (Å²) < 4.78 is 0. The summed E-state index contributed by atoms with van der Waals surface area (Å²) in [6.45, 7) is 17.1. The normalized spacial score (nSPS) is 11.6. The first kappa shape index (κ1) is 25.4. The molecule has 1 rings (SSSR count). The molecule has 0 unspecified atom stereocenters. The van der Waals surface area contributed by atoms with Crippen molar-refractivity contribution in [3.8, 4) is 5.75 Å². The fourth-order valence-corrected chi connectivity index (χ4v) is 2.71. The molecule has 4 N–H and O–H groups in total. The number of phenols is 1. The summed E-state index contributed by atoms with van der Waals surface area (Å²) in [4.78, 5) is 11.3. The average molecular weight is 379 g/mol. The molecular formula is C23H42N2O2. The highest BCUT2D eigenvalue weighted by Crippen LogP contribution is 2.38. The van der Waals surface area contributed by atoms with Crippen molar-refractivity contribution >= 4 is 5.91 Å². The largest absolute Gasteiger partial charge is 0.507 e. The molecular weight excluding hydrogens is 336 g/mol. The summed E-state index contributed by atoms with van der Waals surface area (Å²) >= 11 is 0. The lowest BCUT2D eigenvalue weighted by Crippen LogP contribution is -2.30. The van der Waals surface area contributed by atoms with Gasteiger partial charge in [0, 0.05) is 6.42 Å². The molecule has 0 saturated carbocycles. The molecule has 4 nitrogen and oxygen atoms in total. The minimum atomic E-state index is -0.229. The molecule has 1 amide bonds. The van der Waals surface area contributed by atoms with Gasteiger partial charge >= 0.3 is 0 Å².